The highest BCUT2D eigenvalue weighted by atomic mass is 79.9. The molecule has 1 amide bonds. The highest BCUT2D eigenvalue weighted by molar-refractivity contribution is 9.11. The molecule has 0 aliphatic carbocycles. The number of halogens is 2. The fraction of sp³-hybridized carbons (Fsp3) is 0.364. The maximum atomic E-state index is 11.9. The normalized spacial score (nSPS) is 21.8. The Morgan fingerprint density at radius 3 is 2.61 bits per heavy atom. The quantitative estimate of drug-likeness (QED) is 0.835. The molecular weight excluding hydrogens is 386 g/mol. The number of benzene rings is 1. The lowest BCUT2D eigenvalue weighted by Crippen LogP contribution is -2.23. The average molecular weight is 397 g/mol. The second-order valence-electron chi connectivity index (χ2n) is 4.21. The monoisotopic (exact) mass is 395 g/mol. The number of rotatable bonds is 2. The number of hydrogen-bond donors (Lipinski definition) is 1. The van der Waals surface area contributed by atoms with Crippen molar-refractivity contribution in [3.8, 4) is 0 Å². The van der Waals surface area contributed by atoms with Crippen LogP contribution < -0.4 is 5.32 Å². The van der Waals surface area contributed by atoms with E-state index in [4.69, 9.17) is 0 Å². The van der Waals surface area contributed by atoms with E-state index in [0.717, 1.165) is 8.95 Å². The number of hydrogen-bond acceptors (Lipinski definition) is 3. The Balaban J connectivity index is 2.08. The van der Waals surface area contributed by atoms with Gasteiger partial charge in [-0.2, -0.15) is 0 Å². The van der Waals surface area contributed by atoms with Crippen molar-refractivity contribution in [3.63, 3.8) is 0 Å². The van der Waals surface area contributed by atoms with Gasteiger partial charge >= 0.3 is 0 Å². The van der Waals surface area contributed by atoms with Crippen molar-refractivity contribution in [2.45, 2.75) is 6.42 Å². The van der Waals surface area contributed by atoms with Gasteiger partial charge in [-0.25, -0.2) is 8.42 Å². The second-order valence-corrected chi connectivity index (χ2v) is 8.21. The third-order valence-electron chi connectivity index (χ3n) is 2.79. The molecule has 1 atom stereocenters. The second kappa shape index (κ2) is 5.30. The lowest BCUT2D eigenvalue weighted by atomic mass is 10.1. The number of anilines is 1. The number of carbonyl (C=O) groups is 1. The van der Waals surface area contributed by atoms with E-state index >= 15 is 0 Å². The average Bonchev–Trinajstić information content (AvgIpc) is 2.63. The van der Waals surface area contributed by atoms with Gasteiger partial charge in [0.15, 0.2) is 9.84 Å². The summed E-state index contributed by atoms with van der Waals surface area (Å²) >= 11 is 6.67. The molecule has 0 saturated carbocycles. The summed E-state index contributed by atoms with van der Waals surface area (Å²) in [5, 5.41) is 2.75. The largest absolute Gasteiger partial charge is 0.325 e. The Kier molecular flexibility index (Phi) is 4.13. The minimum absolute atomic E-state index is 0.0486. The molecule has 1 aliphatic rings. The smallest absolute Gasteiger partial charge is 0.228 e. The van der Waals surface area contributed by atoms with Crippen molar-refractivity contribution in [1.29, 1.82) is 0 Å². The first-order valence-corrected chi connectivity index (χ1v) is 8.74. The molecule has 7 heteroatoms. The van der Waals surface area contributed by atoms with Crippen molar-refractivity contribution < 1.29 is 13.2 Å². The first-order valence-electron chi connectivity index (χ1n) is 5.34. The molecule has 98 valence electrons. The van der Waals surface area contributed by atoms with Crippen LogP contribution >= 0.6 is 31.9 Å². The number of nitrogens with one attached hydrogen (secondary N) is 1. The summed E-state index contributed by atoms with van der Waals surface area (Å²) in [5.41, 5.74) is 0.646. The van der Waals surface area contributed by atoms with Gasteiger partial charge in [-0.3, -0.25) is 4.79 Å². The van der Waals surface area contributed by atoms with Crippen LogP contribution in [0.1, 0.15) is 6.42 Å². The molecule has 18 heavy (non-hydrogen) atoms. The van der Waals surface area contributed by atoms with E-state index in [1.165, 1.54) is 0 Å². The fourth-order valence-corrected chi connectivity index (χ4v) is 4.72. The van der Waals surface area contributed by atoms with E-state index in [9.17, 15) is 13.2 Å². The van der Waals surface area contributed by atoms with Gasteiger partial charge in [0.05, 0.1) is 23.1 Å². The first kappa shape index (κ1) is 14.0. The maximum Gasteiger partial charge on any atom is 0.228 e. The van der Waals surface area contributed by atoms with E-state index in [1.807, 2.05) is 12.1 Å². The van der Waals surface area contributed by atoms with Crippen LogP contribution in [0.2, 0.25) is 0 Å². The lowest BCUT2D eigenvalue weighted by Gasteiger charge is -2.11. The minimum atomic E-state index is -3.03. The van der Waals surface area contributed by atoms with Crippen LogP contribution in [0.5, 0.6) is 0 Å². The van der Waals surface area contributed by atoms with E-state index in [1.54, 1.807) is 6.07 Å². The predicted octanol–water partition coefficient (Wildman–Crippen LogP) is 2.58. The van der Waals surface area contributed by atoms with E-state index in [-0.39, 0.29) is 17.4 Å². The van der Waals surface area contributed by atoms with Gasteiger partial charge in [0.25, 0.3) is 0 Å². The topological polar surface area (TPSA) is 63.2 Å². The molecule has 1 aliphatic heterocycles. The van der Waals surface area contributed by atoms with Gasteiger partial charge in [-0.1, -0.05) is 15.9 Å². The molecule has 1 aromatic carbocycles. The summed E-state index contributed by atoms with van der Waals surface area (Å²) in [4.78, 5) is 11.9. The van der Waals surface area contributed by atoms with Crippen LogP contribution in [0, 0.1) is 5.92 Å². The number of amides is 1. The molecule has 0 aromatic heterocycles. The zero-order chi connectivity index (χ0) is 13.3. The van der Waals surface area contributed by atoms with E-state index < -0.39 is 15.8 Å². The van der Waals surface area contributed by atoms with Crippen LogP contribution in [0.15, 0.2) is 27.1 Å². The lowest BCUT2D eigenvalue weighted by molar-refractivity contribution is -0.119. The van der Waals surface area contributed by atoms with E-state index in [2.05, 4.69) is 37.2 Å². The summed E-state index contributed by atoms with van der Waals surface area (Å²) in [7, 11) is -3.03. The summed E-state index contributed by atoms with van der Waals surface area (Å²) < 4.78 is 24.3. The van der Waals surface area contributed by atoms with Gasteiger partial charge < -0.3 is 5.32 Å². The number of sulfone groups is 1. The Hall–Kier alpha value is -0.400. The molecular formula is C11H11Br2NO3S. The van der Waals surface area contributed by atoms with Gasteiger partial charge in [-0.15, -0.1) is 0 Å². The SMILES string of the molecule is O=C(Nc1ccc(Br)cc1Br)C1CCS(=O)(=O)C1. The van der Waals surface area contributed by atoms with E-state index in [0.29, 0.717) is 12.1 Å². The zero-order valence-electron chi connectivity index (χ0n) is 9.32. The number of carbonyl (C=O) groups excluding carboxylic acids is 1. The molecule has 1 saturated heterocycles. The highest BCUT2D eigenvalue weighted by Crippen LogP contribution is 2.27. The minimum Gasteiger partial charge on any atom is -0.325 e. The molecule has 2 rings (SSSR count). The molecule has 0 radical (unpaired) electrons. The summed E-state index contributed by atoms with van der Waals surface area (Å²) in [6, 6.07) is 5.39. The molecule has 1 aromatic rings. The van der Waals surface area contributed by atoms with Gasteiger partial charge in [0, 0.05) is 8.95 Å². The predicted molar refractivity (Wildman–Crippen MR) is 77.2 cm³/mol. The summed E-state index contributed by atoms with van der Waals surface area (Å²) in [6.07, 6.45) is 0.405. The molecule has 1 N–H and O–H groups in total. The molecule has 1 fully saturated rings. The highest BCUT2D eigenvalue weighted by Gasteiger charge is 2.33. The van der Waals surface area contributed by atoms with Crippen molar-refractivity contribution in [2.75, 3.05) is 16.8 Å². The van der Waals surface area contributed by atoms with Crippen LogP contribution in [0.3, 0.4) is 0 Å². The van der Waals surface area contributed by atoms with Crippen molar-refractivity contribution in [1.82, 2.24) is 0 Å². The van der Waals surface area contributed by atoms with Crippen LogP contribution in [-0.2, 0) is 14.6 Å². The third-order valence-corrected chi connectivity index (χ3v) is 5.71. The Morgan fingerprint density at radius 1 is 1.33 bits per heavy atom. The Labute approximate surface area is 122 Å². The maximum absolute atomic E-state index is 11.9. The summed E-state index contributed by atoms with van der Waals surface area (Å²) in [6.45, 7) is 0. The Bertz CT molecular complexity index is 586. The van der Waals surface area contributed by atoms with Gasteiger partial charge in [0.2, 0.25) is 5.91 Å². The van der Waals surface area contributed by atoms with Crippen molar-refractivity contribution in [3.05, 3.63) is 27.1 Å². The first-order chi connectivity index (χ1) is 8.37. The molecule has 0 bridgehead atoms. The zero-order valence-corrected chi connectivity index (χ0v) is 13.3. The van der Waals surface area contributed by atoms with Crippen LogP contribution in [0.25, 0.3) is 0 Å². The van der Waals surface area contributed by atoms with Crippen molar-refractivity contribution >= 4 is 53.3 Å². The van der Waals surface area contributed by atoms with Gasteiger partial charge in [-0.05, 0) is 40.5 Å². The molecule has 4 nitrogen and oxygen atoms in total. The van der Waals surface area contributed by atoms with Crippen LogP contribution in [0.4, 0.5) is 5.69 Å². The van der Waals surface area contributed by atoms with Gasteiger partial charge in [0.1, 0.15) is 0 Å². The van der Waals surface area contributed by atoms with Crippen molar-refractivity contribution in [2.24, 2.45) is 5.92 Å². The molecule has 1 unspecified atom stereocenters. The summed E-state index contributed by atoms with van der Waals surface area (Å²) in [5.74, 6) is -0.621. The fourth-order valence-electron chi connectivity index (χ4n) is 1.83. The van der Waals surface area contributed by atoms with Crippen LogP contribution in [-0.4, -0.2) is 25.8 Å². The standard InChI is InChI=1S/C11H11Br2NO3S/c12-8-1-2-10(9(13)5-8)14-11(15)7-3-4-18(16,17)6-7/h1-2,5,7H,3-4,6H2,(H,14,15). The Morgan fingerprint density at radius 2 is 2.06 bits per heavy atom. The molecule has 0 spiro atoms. The third kappa shape index (κ3) is 3.33. The molecule has 1 heterocycles.